The molecule has 0 aliphatic carbocycles. The maximum Gasteiger partial charge on any atom is 0.0998 e. The van der Waals surface area contributed by atoms with Gasteiger partial charge < -0.3 is 10.1 Å². The molecule has 92 valence electrons. The summed E-state index contributed by atoms with van der Waals surface area (Å²) in [6.45, 7) is 2.71. The van der Waals surface area contributed by atoms with Gasteiger partial charge in [0.2, 0.25) is 0 Å². The van der Waals surface area contributed by atoms with E-state index < -0.39 is 0 Å². The molecular weight excluding hydrogens is 224 g/mol. The van der Waals surface area contributed by atoms with E-state index in [1.807, 2.05) is 36.4 Å². The van der Waals surface area contributed by atoms with Crippen LogP contribution >= 0.6 is 0 Å². The summed E-state index contributed by atoms with van der Waals surface area (Å²) in [6.07, 6.45) is 0. The summed E-state index contributed by atoms with van der Waals surface area (Å²) in [5.41, 5.74) is 1.74. The molecule has 2 aromatic carbocycles. The van der Waals surface area contributed by atoms with Gasteiger partial charge in [-0.1, -0.05) is 24.3 Å². The van der Waals surface area contributed by atoms with E-state index >= 15 is 0 Å². The monoisotopic (exact) mass is 240 g/mol. The lowest BCUT2D eigenvalue weighted by atomic mass is 10.0. The molecular formula is C15H16N2O. The Bertz CT molecular complexity index is 587. The molecule has 0 fully saturated rings. The van der Waals surface area contributed by atoms with Crippen molar-refractivity contribution in [1.82, 2.24) is 0 Å². The van der Waals surface area contributed by atoms with Crippen molar-refractivity contribution in [2.45, 2.75) is 13.0 Å². The molecule has 0 radical (unpaired) electrons. The first-order valence-electron chi connectivity index (χ1n) is 5.93. The minimum Gasteiger partial charge on any atom is -0.383 e. The number of nitrogens with zero attached hydrogens (tertiary/aromatic N) is 1. The predicted octanol–water partition coefficient (Wildman–Crippen LogP) is 3.16. The molecule has 18 heavy (non-hydrogen) atoms. The van der Waals surface area contributed by atoms with Crippen LogP contribution in [0.3, 0.4) is 0 Å². The summed E-state index contributed by atoms with van der Waals surface area (Å²) >= 11 is 0. The first-order valence-corrected chi connectivity index (χ1v) is 5.93. The molecule has 0 bridgehead atoms. The Morgan fingerprint density at radius 2 is 1.94 bits per heavy atom. The Hall–Kier alpha value is -2.05. The number of benzene rings is 2. The van der Waals surface area contributed by atoms with Crippen LogP contribution in [0, 0.1) is 11.3 Å². The molecule has 0 amide bonds. The van der Waals surface area contributed by atoms with Crippen molar-refractivity contribution >= 4 is 16.5 Å². The third kappa shape index (κ3) is 2.44. The van der Waals surface area contributed by atoms with E-state index in [0.29, 0.717) is 12.2 Å². The van der Waals surface area contributed by atoms with Crippen molar-refractivity contribution in [3.63, 3.8) is 0 Å². The van der Waals surface area contributed by atoms with E-state index in [-0.39, 0.29) is 6.04 Å². The van der Waals surface area contributed by atoms with Gasteiger partial charge in [0.15, 0.2) is 0 Å². The van der Waals surface area contributed by atoms with Crippen LogP contribution in [0.5, 0.6) is 0 Å². The van der Waals surface area contributed by atoms with Crippen LogP contribution in [-0.4, -0.2) is 19.8 Å². The van der Waals surface area contributed by atoms with Crippen LogP contribution < -0.4 is 5.32 Å². The molecule has 1 atom stereocenters. The fraction of sp³-hybridized carbons (Fsp3) is 0.267. The normalized spacial score (nSPS) is 12.1. The highest BCUT2D eigenvalue weighted by molar-refractivity contribution is 5.97. The predicted molar refractivity (Wildman–Crippen MR) is 73.6 cm³/mol. The Morgan fingerprint density at radius 1 is 1.22 bits per heavy atom. The summed E-state index contributed by atoms with van der Waals surface area (Å²) in [5, 5.41) is 14.6. The SMILES string of the molecule is COCC(C)Nc1ccc(C#N)c2ccccc12. The maximum absolute atomic E-state index is 9.10. The van der Waals surface area contributed by atoms with Crippen molar-refractivity contribution in [2.24, 2.45) is 0 Å². The smallest absolute Gasteiger partial charge is 0.0998 e. The van der Waals surface area contributed by atoms with Crippen LogP contribution in [0.25, 0.3) is 10.8 Å². The van der Waals surface area contributed by atoms with Gasteiger partial charge in [0.05, 0.1) is 18.2 Å². The second kappa shape index (κ2) is 5.52. The molecule has 0 saturated heterocycles. The second-order valence-electron chi connectivity index (χ2n) is 4.32. The quantitative estimate of drug-likeness (QED) is 0.892. The maximum atomic E-state index is 9.10. The number of hydrogen-bond donors (Lipinski definition) is 1. The minimum atomic E-state index is 0.228. The van der Waals surface area contributed by atoms with Crippen molar-refractivity contribution in [3.05, 3.63) is 42.0 Å². The van der Waals surface area contributed by atoms with Crippen molar-refractivity contribution < 1.29 is 4.74 Å². The van der Waals surface area contributed by atoms with Gasteiger partial charge in [-0.3, -0.25) is 0 Å². The molecule has 0 spiro atoms. The molecule has 1 unspecified atom stereocenters. The summed E-state index contributed by atoms with van der Waals surface area (Å²) in [6, 6.07) is 14.2. The molecule has 2 aromatic rings. The Labute approximate surface area is 107 Å². The van der Waals surface area contributed by atoms with Crippen LogP contribution in [0.15, 0.2) is 36.4 Å². The lowest BCUT2D eigenvalue weighted by molar-refractivity contribution is 0.190. The van der Waals surface area contributed by atoms with E-state index in [1.165, 1.54) is 0 Å². The standard InChI is InChI=1S/C15H16N2O/c1-11(10-18-2)17-15-8-7-12(9-16)13-5-3-4-6-14(13)15/h3-8,11,17H,10H2,1-2H3. The van der Waals surface area contributed by atoms with Gasteiger partial charge in [-0.15, -0.1) is 0 Å². The van der Waals surface area contributed by atoms with Crippen LogP contribution in [0.4, 0.5) is 5.69 Å². The van der Waals surface area contributed by atoms with Crippen LogP contribution in [0.2, 0.25) is 0 Å². The zero-order valence-corrected chi connectivity index (χ0v) is 10.6. The first kappa shape index (κ1) is 12.4. The second-order valence-corrected chi connectivity index (χ2v) is 4.32. The van der Waals surface area contributed by atoms with Gasteiger partial charge >= 0.3 is 0 Å². The number of ether oxygens (including phenoxy) is 1. The number of hydrogen-bond acceptors (Lipinski definition) is 3. The van der Waals surface area contributed by atoms with Gasteiger partial charge in [0.1, 0.15) is 0 Å². The summed E-state index contributed by atoms with van der Waals surface area (Å²) < 4.78 is 5.12. The summed E-state index contributed by atoms with van der Waals surface area (Å²) in [4.78, 5) is 0. The third-order valence-electron chi connectivity index (χ3n) is 2.86. The number of methoxy groups -OCH3 is 1. The minimum absolute atomic E-state index is 0.228. The van der Waals surface area contributed by atoms with Gasteiger partial charge in [-0.2, -0.15) is 5.26 Å². The van der Waals surface area contributed by atoms with E-state index in [4.69, 9.17) is 10.00 Å². The molecule has 3 nitrogen and oxygen atoms in total. The van der Waals surface area contributed by atoms with E-state index in [2.05, 4.69) is 18.3 Å². The lowest BCUT2D eigenvalue weighted by Gasteiger charge is -2.16. The van der Waals surface area contributed by atoms with Crippen LogP contribution in [0.1, 0.15) is 12.5 Å². The molecule has 0 aliphatic heterocycles. The largest absolute Gasteiger partial charge is 0.383 e. The average Bonchev–Trinajstić information content (AvgIpc) is 2.39. The van der Waals surface area contributed by atoms with E-state index in [1.54, 1.807) is 7.11 Å². The molecule has 0 aliphatic rings. The molecule has 3 heteroatoms. The molecule has 0 aromatic heterocycles. The Morgan fingerprint density at radius 3 is 2.61 bits per heavy atom. The van der Waals surface area contributed by atoms with Crippen LogP contribution in [-0.2, 0) is 4.74 Å². The Balaban J connectivity index is 2.44. The molecule has 0 heterocycles. The zero-order valence-electron chi connectivity index (χ0n) is 10.6. The molecule has 0 saturated carbocycles. The lowest BCUT2D eigenvalue weighted by Crippen LogP contribution is -2.20. The average molecular weight is 240 g/mol. The highest BCUT2D eigenvalue weighted by Gasteiger charge is 2.07. The fourth-order valence-corrected chi connectivity index (χ4v) is 2.08. The van der Waals surface area contributed by atoms with Gasteiger partial charge in [-0.25, -0.2) is 0 Å². The highest BCUT2D eigenvalue weighted by atomic mass is 16.5. The zero-order chi connectivity index (χ0) is 13.0. The summed E-state index contributed by atoms with van der Waals surface area (Å²) in [5.74, 6) is 0. The number of fused-ring (bicyclic) bond motifs is 1. The van der Waals surface area contributed by atoms with Crippen molar-refractivity contribution in [1.29, 1.82) is 5.26 Å². The van der Waals surface area contributed by atoms with Crippen molar-refractivity contribution in [2.75, 3.05) is 19.0 Å². The molecule has 2 rings (SSSR count). The number of nitrogens with one attached hydrogen (secondary N) is 1. The third-order valence-corrected chi connectivity index (χ3v) is 2.86. The van der Waals surface area contributed by atoms with E-state index in [0.717, 1.165) is 16.5 Å². The number of nitriles is 1. The van der Waals surface area contributed by atoms with Gasteiger partial charge in [0, 0.05) is 29.6 Å². The molecule has 1 N–H and O–H groups in total. The number of anilines is 1. The van der Waals surface area contributed by atoms with Gasteiger partial charge in [-0.05, 0) is 19.1 Å². The number of rotatable bonds is 4. The topological polar surface area (TPSA) is 45.0 Å². The first-order chi connectivity index (χ1) is 8.76. The summed E-state index contributed by atoms with van der Waals surface area (Å²) in [7, 11) is 1.69. The Kier molecular flexibility index (Phi) is 3.81. The fourth-order valence-electron chi connectivity index (χ4n) is 2.08. The van der Waals surface area contributed by atoms with E-state index in [9.17, 15) is 0 Å². The van der Waals surface area contributed by atoms with Gasteiger partial charge in [0.25, 0.3) is 0 Å². The van der Waals surface area contributed by atoms with Crippen molar-refractivity contribution in [3.8, 4) is 6.07 Å². The highest BCUT2D eigenvalue weighted by Crippen LogP contribution is 2.26.